The number of ether oxygens (including phenoxy) is 1. The van der Waals surface area contributed by atoms with Crippen molar-refractivity contribution in [3.8, 4) is 5.75 Å². The molecule has 2 aromatic rings. The summed E-state index contributed by atoms with van der Waals surface area (Å²) in [6.07, 6.45) is 2.79. The number of carboxylic acid groups (broad SMARTS) is 1. The van der Waals surface area contributed by atoms with Crippen molar-refractivity contribution >= 4 is 38.9 Å². The highest BCUT2D eigenvalue weighted by Gasteiger charge is 2.40. The van der Waals surface area contributed by atoms with Crippen LogP contribution in [0.4, 0.5) is 11.4 Å². The predicted octanol–water partition coefficient (Wildman–Crippen LogP) is 5.13. The molecule has 32 heavy (non-hydrogen) atoms. The Morgan fingerprint density at radius 1 is 1.25 bits per heavy atom. The third-order valence-corrected chi connectivity index (χ3v) is 8.79. The molecule has 0 spiro atoms. The highest BCUT2D eigenvalue weighted by atomic mass is 32.2. The summed E-state index contributed by atoms with van der Waals surface area (Å²) < 4.78 is 32.8. The summed E-state index contributed by atoms with van der Waals surface area (Å²) in [6, 6.07) is 13.3. The van der Waals surface area contributed by atoms with Crippen molar-refractivity contribution in [1.29, 1.82) is 0 Å². The fourth-order valence-corrected chi connectivity index (χ4v) is 7.08. The van der Waals surface area contributed by atoms with Gasteiger partial charge in [-0.3, -0.25) is 4.79 Å². The van der Waals surface area contributed by atoms with Crippen molar-refractivity contribution in [1.82, 2.24) is 0 Å². The highest BCUT2D eigenvalue weighted by molar-refractivity contribution is 7.99. The molecule has 0 amide bonds. The number of unbranched alkanes of at least 4 members (excludes halogenated alkanes) is 1. The number of carbonyl (C=O) groups is 1. The third-order valence-electron chi connectivity index (χ3n) is 5.75. The highest BCUT2D eigenvalue weighted by Crippen LogP contribution is 2.45. The minimum absolute atomic E-state index is 0.0573. The SMILES string of the molecule is CCCC[C@@]1(C)CN(c2ccccc2)c2cc(OC)c(CSCC(=O)O)cc2S(=O)(=O)C1. The molecule has 0 unspecified atom stereocenters. The standard InChI is InChI=1S/C24H31NO5S2/c1-4-5-11-24(2)16-25(19-9-7-6-8-10-19)20-13-21(30-3)18(14-31-15-23(26)27)12-22(20)32(28,29)17-24/h6-10,12-13H,4-5,11,14-17H2,1-3H3,(H,26,27)/t24-/m0/s1. The Morgan fingerprint density at radius 3 is 2.59 bits per heavy atom. The number of hydrogen-bond donors (Lipinski definition) is 1. The summed E-state index contributed by atoms with van der Waals surface area (Å²) in [6.45, 7) is 4.76. The van der Waals surface area contributed by atoms with Crippen LogP contribution in [0.25, 0.3) is 0 Å². The van der Waals surface area contributed by atoms with Crippen LogP contribution in [0.2, 0.25) is 0 Å². The van der Waals surface area contributed by atoms with Crippen molar-refractivity contribution in [2.75, 3.05) is 30.1 Å². The first-order chi connectivity index (χ1) is 15.2. The molecule has 2 aromatic carbocycles. The van der Waals surface area contributed by atoms with Crippen LogP contribution in [0.5, 0.6) is 5.75 Å². The predicted molar refractivity (Wildman–Crippen MR) is 130 cm³/mol. The molecular formula is C24H31NO5S2. The summed E-state index contributed by atoms with van der Waals surface area (Å²) in [5.74, 6) is 0.0347. The first kappa shape index (κ1) is 24.5. The van der Waals surface area contributed by atoms with E-state index < -0.39 is 21.2 Å². The molecule has 0 aliphatic carbocycles. The van der Waals surface area contributed by atoms with Crippen molar-refractivity contribution in [3.63, 3.8) is 0 Å². The van der Waals surface area contributed by atoms with Crippen LogP contribution in [-0.4, -0.2) is 44.7 Å². The van der Waals surface area contributed by atoms with Gasteiger partial charge in [0.15, 0.2) is 9.84 Å². The number of hydrogen-bond acceptors (Lipinski definition) is 6. The Bertz CT molecular complexity index is 1060. The molecule has 1 N–H and O–H groups in total. The molecule has 0 fully saturated rings. The van der Waals surface area contributed by atoms with E-state index in [-0.39, 0.29) is 16.4 Å². The number of anilines is 2. The number of methoxy groups -OCH3 is 1. The largest absolute Gasteiger partial charge is 0.496 e. The summed E-state index contributed by atoms with van der Waals surface area (Å²) >= 11 is 1.22. The van der Waals surface area contributed by atoms with Crippen LogP contribution < -0.4 is 9.64 Å². The van der Waals surface area contributed by atoms with Crippen LogP contribution in [0, 0.1) is 5.41 Å². The quantitative estimate of drug-likeness (QED) is 0.536. The van der Waals surface area contributed by atoms with Gasteiger partial charge in [0.2, 0.25) is 0 Å². The average Bonchev–Trinajstić information content (AvgIpc) is 2.84. The second-order valence-corrected chi connectivity index (χ2v) is 11.6. The van der Waals surface area contributed by atoms with Gasteiger partial charge in [0.1, 0.15) is 5.75 Å². The summed E-state index contributed by atoms with van der Waals surface area (Å²) in [5, 5.41) is 8.96. The molecule has 0 radical (unpaired) electrons. The second-order valence-electron chi connectivity index (χ2n) is 8.61. The first-order valence-electron chi connectivity index (χ1n) is 10.7. The monoisotopic (exact) mass is 477 g/mol. The van der Waals surface area contributed by atoms with Gasteiger partial charge in [-0.1, -0.05) is 44.9 Å². The molecule has 1 aliphatic rings. The number of para-hydroxylation sites is 1. The lowest BCUT2D eigenvalue weighted by molar-refractivity contribution is -0.133. The Balaban J connectivity index is 2.15. The van der Waals surface area contributed by atoms with E-state index in [4.69, 9.17) is 9.84 Å². The smallest absolute Gasteiger partial charge is 0.313 e. The summed E-state index contributed by atoms with van der Waals surface area (Å²) in [5.41, 5.74) is 1.82. The van der Waals surface area contributed by atoms with Gasteiger partial charge in [0, 0.05) is 29.6 Å². The van der Waals surface area contributed by atoms with E-state index >= 15 is 0 Å². The van der Waals surface area contributed by atoms with Gasteiger partial charge in [-0.05, 0) is 30.0 Å². The molecular weight excluding hydrogens is 446 g/mol. The number of fused-ring (bicyclic) bond motifs is 1. The molecule has 0 saturated heterocycles. The lowest BCUT2D eigenvalue weighted by atomic mass is 9.86. The number of sulfone groups is 1. The molecule has 0 saturated carbocycles. The van der Waals surface area contributed by atoms with E-state index in [0.29, 0.717) is 29.3 Å². The zero-order chi connectivity index (χ0) is 23.4. The van der Waals surface area contributed by atoms with Crippen LogP contribution in [0.3, 0.4) is 0 Å². The Kier molecular flexibility index (Phi) is 7.77. The molecule has 0 aromatic heterocycles. The van der Waals surface area contributed by atoms with E-state index in [0.717, 1.165) is 24.9 Å². The van der Waals surface area contributed by atoms with Crippen LogP contribution in [0.1, 0.15) is 38.7 Å². The summed E-state index contributed by atoms with van der Waals surface area (Å²) in [7, 11) is -2.02. The van der Waals surface area contributed by atoms with Gasteiger partial charge in [0.05, 0.1) is 29.2 Å². The number of carboxylic acids is 1. The second kappa shape index (κ2) is 10.2. The topological polar surface area (TPSA) is 83.9 Å². The Morgan fingerprint density at radius 2 is 1.97 bits per heavy atom. The van der Waals surface area contributed by atoms with Gasteiger partial charge in [0.25, 0.3) is 0 Å². The zero-order valence-electron chi connectivity index (χ0n) is 18.8. The normalized spacial score (nSPS) is 19.8. The first-order valence-corrected chi connectivity index (χ1v) is 13.6. The van der Waals surface area contributed by atoms with E-state index in [1.165, 1.54) is 11.8 Å². The lowest BCUT2D eigenvalue weighted by Gasteiger charge is -2.34. The Labute approximate surface area is 194 Å². The maximum Gasteiger partial charge on any atom is 0.313 e. The molecule has 6 nitrogen and oxygen atoms in total. The molecule has 3 rings (SSSR count). The zero-order valence-corrected chi connectivity index (χ0v) is 20.5. The van der Waals surface area contributed by atoms with Gasteiger partial charge >= 0.3 is 5.97 Å². The van der Waals surface area contributed by atoms with Crippen molar-refractivity contribution in [2.24, 2.45) is 5.41 Å². The molecule has 1 heterocycles. The maximum absolute atomic E-state index is 13.6. The third kappa shape index (κ3) is 5.59. The van der Waals surface area contributed by atoms with Crippen molar-refractivity contribution < 1.29 is 23.1 Å². The number of nitrogens with zero attached hydrogens (tertiary/aromatic N) is 1. The fourth-order valence-electron chi connectivity index (χ4n) is 4.24. The lowest BCUT2D eigenvalue weighted by Crippen LogP contribution is -2.35. The Hall–Kier alpha value is -2.19. The van der Waals surface area contributed by atoms with Crippen molar-refractivity contribution in [2.45, 2.75) is 43.8 Å². The van der Waals surface area contributed by atoms with Gasteiger partial charge in [-0.25, -0.2) is 8.42 Å². The van der Waals surface area contributed by atoms with Crippen LogP contribution in [-0.2, 0) is 20.4 Å². The van der Waals surface area contributed by atoms with E-state index in [9.17, 15) is 13.2 Å². The van der Waals surface area contributed by atoms with Crippen LogP contribution in [0.15, 0.2) is 47.4 Å². The van der Waals surface area contributed by atoms with E-state index in [2.05, 4.69) is 18.7 Å². The van der Waals surface area contributed by atoms with Gasteiger partial charge in [-0.15, -0.1) is 11.8 Å². The molecule has 1 atom stereocenters. The summed E-state index contributed by atoms with van der Waals surface area (Å²) in [4.78, 5) is 13.3. The number of rotatable bonds is 9. The fraction of sp³-hybridized carbons (Fsp3) is 0.458. The van der Waals surface area contributed by atoms with Crippen molar-refractivity contribution in [3.05, 3.63) is 48.0 Å². The number of thioether (sulfide) groups is 1. The number of benzene rings is 2. The number of aliphatic carboxylic acids is 1. The van der Waals surface area contributed by atoms with Gasteiger partial charge < -0.3 is 14.7 Å². The van der Waals surface area contributed by atoms with Crippen LogP contribution >= 0.6 is 11.8 Å². The molecule has 8 heteroatoms. The van der Waals surface area contributed by atoms with Gasteiger partial charge in [-0.2, -0.15) is 0 Å². The molecule has 1 aliphatic heterocycles. The molecule has 174 valence electrons. The maximum atomic E-state index is 13.6. The van der Waals surface area contributed by atoms with E-state index in [1.54, 1.807) is 19.2 Å². The van der Waals surface area contributed by atoms with E-state index in [1.807, 2.05) is 30.3 Å². The average molecular weight is 478 g/mol. The molecule has 0 bridgehead atoms. The minimum Gasteiger partial charge on any atom is -0.496 e. The minimum atomic E-state index is -3.57.